The van der Waals surface area contributed by atoms with Gasteiger partial charge in [0.05, 0.1) is 23.0 Å². The number of carbonyl (C=O) groups excluding carboxylic acids is 2. The number of hydrogen-bond donors (Lipinski definition) is 2. The molecule has 3 N–H and O–H groups in total. The van der Waals surface area contributed by atoms with Crippen molar-refractivity contribution in [2.24, 2.45) is 4.99 Å². The van der Waals surface area contributed by atoms with Crippen LogP contribution < -0.4 is 16.0 Å². The van der Waals surface area contributed by atoms with Crippen molar-refractivity contribution in [1.82, 2.24) is 9.97 Å². The monoisotopic (exact) mass is 338 g/mol. The molecule has 1 aliphatic heterocycles. The maximum atomic E-state index is 12.3. The Morgan fingerprint density at radius 3 is 2.56 bits per heavy atom. The molecule has 2 heterocycles. The van der Waals surface area contributed by atoms with Gasteiger partial charge >= 0.3 is 0 Å². The standard InChI is InChI=1S/C17H18N6O2/c18-14-3-1-2-4-15(14)22-16(25)12-9-19-17(20-10-12)23-7-5-13(6-8-23)21-11-24/h1-4,9-10,13H,5-8,18H2,(H,22,25). The van der Waals surface area contributed by atoms with Crippen molar-refractivity contribution in [1.29, 1.82) is 0 Å². The van der Waals surface area contributed by atoms with Gasteiger partial charge in [-0.2, -0.15) is 0 Å². The van der Waals surface area contributed by atoms with Crippen LogP contribution >= 0.6 is 0 Å². The van der Waals surface area contributed by atoms with Crippen molar-refractivity contribution in [3.05, 3.63) is 42.2 Å². The molecule has 8 nitrogen and oxygen atoms in total. The first-order chi connectivity index (χ1) is 12.2. The first-order valence-electron chi connectivity index (χ1n) is 7.97. The molecule has 0 bridgehead atoms. The number of amides is 1. The number of benzene rings is 1. The third kappa shape index (κ3) is 3.99. The SMILES string of the molecule is Nc1ccccc1NC(=O)c1cnc(N2CCC(N=C=O)CC2)nc1. The number of piperidine rings is 1. The topological polar surface area (TPSA) is 114 Å². The van der Waals surface area contributed by atoms with Crippen LogP contribution in [0.25, 0.3) is 0 Å². The van der Waals surface area contributed by atoms with E-state index in [1.807, 2.05) is 4.90 Å². The lowest BCUT2D eigenvalue weighted by atomic mass is 10.1. The van der Waals surface area contributed by atoms with E-state index in [2.05, 4.69) is 20.3 Å². The van der Waals surface area contributed by atoms with Gasteiger partial charge in [-0.1, -0.05) is 12.1 Å². The third-order valence-electron chi connectivity index (χ3n) is 4.09. The third-order valence-corrected chi connectivity index (χ3v) is 4.09. The number of para-hydroxylation sites is 2. The van der Waals surface area contributed by atoms with Crippen LogP contribution in [0, 0.1) is 0 Å². The normalized spacial score (nSPS) is 14.6. The predicted octanol–water partition coefficient (Wildman–Crippen LogP) is 1.62. The molecular weight excluding hydrogens is 320 g/mol. The summed E-state index contributed by atoms with van der Waals surface area (Å²) in [6.07, 6.45) is 6.11. The molecule has 0 aliphatic carbocycles. The zero-order valence-electron chi connectivity index (χ0n) is 13.6. The lowest BCUT2D eigenvalue weighted by molar-refractivity contribution is 0.102. The number of nitrogens with zero attached hydrogens (tertiary/aromatic N) is 4. The smallest absolute Gasteiger partial charge is 0.258 e. The molecule has 0 atom stereocenters. The van der Waals surface area contributed by atoms with E-state index < -0.39 is 0 Å². The minimum atomic E-state index is -0.316. The van der Waals surface area contributed by atoms with E-state index in [1.54, 1.807) is 30.3 Å². The van der Waals surface area contributed by atoms with Crippen molar-refractivity contribution in [3.63, 3.8) is 0 Å². The van der Waals surface area contributed by atoms with Gasteiger partial charge in [-0.25, -0.2) is 19.8 Å². The van der Waals surface area contributed by atoms with E-state index in [-0.39, 0.29) is 11.9 Å². The Morgan fingerprint density at radius 2 is 1.92 bits per heavy atom. The number of carbonyl (C=O) groups is 1. The van der Waals surface area contributed by atoms with Gasteiger partial charge in [0.1, 0.15) is 0 Å². The van der Waals surface area contributed by atoms with E-state index in [0.717, 1.165) is 12.8 Å². The molecule has 1 aromatic carbocycles. The number of aliphatic imine (C=N–C) groups is 1. The largest absolute Gasteiger partial charge is 0.397 e. The quantitative estimate of drug-likeness (QED) is 0.497. The maximum absolute atomic E-state index is 12.3. The van der Waals surface area contributed by atoms with E-state index in [0.29, 0.717) is 36.0 Å². The summed E-state index contributed by atoms with van der Waals surface area (Å²) >= 11 is 0. The van der Waals surface area contributed by atoms with Gasteiger partial charge in [-0.05, 0) is 25.0 Å². The zero-order valence-corrected chi connectivity index (χ0v) is 13.6. The Hall–Kier alpha value is -3.25. The average Bonchev–Trinajstić information content (AvgIpc) is 2.65. The number of anilines is 3. The number of nitrogen functional groups attached to an aromatic ring is 1. The predicted molar refractivity (Wildman–Crippen MR) is 94.2 cm³/mol. The highest BCUT2D eigenvalue weighted by atomic mass is 16.1. The summed E-state index contributed by atoms with van der Waals surface area (Å²) in [6, 6.07) is 7.06. The second-order valence-corrected chi connectivity index (χ2v) is 5.75. The van der Waals surface area contributed by atoms with Gasteiger partial charge in [-0.3, -0.25) is 4.79 Å². The van der Waals surface area contributed by atoms with Crippen molar-refractivity contribution < 1.29 is 9.59 Å². The zero-order chi connectivity index (χ0) is 17.6. The molecule has 0 radical (unpaired) electrons. The maximum Gasteiger partial charge on any atom is 0.258 e. The second kappa shape index (κ2) is 7.55. The fraction of sp³-hybridized carbons (Fsp3) is 0.294. The molecule has 3 rings (SSSR count). The number of isocyanates is 1. The Balaban J connectivity index is 1.63. The van der Waals surface area contributed by atoms with Gasteiger partial charge in [0.25, 0.3) is 5.91 Å². The highest BCUT2D eigenvalue weighted by Gasteiger charge is 2.20. The van der Waals surface area contributed by atoms with Gasteiger partial charge in [0.15, 0.2) is 0 Å². The molecule has 1 amide bonds. The molecule has 1 aromatic heterocycles. The van der Waals surface area contributed by atoms with Crippen LogP contribution in [0.1, 0.15) is 23.2 Å². The number of hydrogen-bond acceptors (Lipinski definition) is 7. The molecule has 0 spiro atoms. The summed E-state index contributed by atoms with van der Waals surface area (Å²) in [5, 5.41) is 2.74. The fourth-order valence-corrected chi connectivity index (χ4v) is 2.68. The Labute approximate surface area is 144 Å². The summed E-state index contributed by atoms with van der Waals surface area (Å²) in [6.45, 7) is 1.42. The van der Waals surface area contributed by atoms with Crippen LogP contribution in [0.3, 0.4) is 0 Å². The van der Waals surface area contributed by atoms with Gasteiger partial charge in [-0.15, -0.1) is 0 Å². The van der Waals surface area contributed by atoms with Crippen LogP contribution in [0.5, 0.6) is 0 Å². The molecule has 8 heteroatoms. The lowest BCUT2D eigenvalue weighted by Crippen LogP contribution is -2.36. The molecule has 1 aliphatic rings. The van der Waals surface area contributed by atoms with Crippen LogP contribution in [0.2, 0.25) is 0 Å². The minimum absolute atomic E-state index is 0.0233. The molecule has 0 saturated carbocycles. The van der Waals surface area contributed by atoms with Crippen molar-refractivity contribution in [2.45, 2.75) is 18.9 Å². The molecule has 1 saturated heterocycles. The molecule has 2 aromatic rings. The number of nitrogens with one attached hydrogen (secondary N) is 1. The molecule has 1 fully saturated rings. The van der Waals surface area contributed by atoms with E-state index >= 15 is 0 Å². The minimum Gasteiger partial charge on any atom is -0.397 e. The second-order valence-electron chi connectivity index (χ2n) is 5.75. The highest BCUT2D eigenvalue weighted by molar-refractivity contribution is 6.05. The molecule has 25 heavy (non-hydrogen) atoms. The van der Waals surface area contributed by atoms with Gasteiger partial charge in [0, 0.05) is 25.5 Å². The molecule has 0 unspecified atom stereocenters. The number of aromatic nitrogens is 2. The lowest BCUT2D eigenvalue weighted by Gasteiger charge is -2.29. The summed E-state index contributed by atoms with van der Waals surface area (Å²) < 4.78 is 0. The Bertz CT molecular complexity index is 793. The number of nitrogens with two attached hydrogens (primary N) is 1. The van der Waals surface area contributed by atoms with Gasteiger partial charge in [0.2, 0.25) is 12.0 Å². The highest BCUT2D eigenvalue weighted by Crippen LogP contribution is 2.19. The van der Waals surface area contributed by atoms with Gasteiger partial charge < -0.3 is 16.0 Å². The average molecular weight is 338 g/mol. The summed E-state index contributed by atoms with van der Waals surface area (Å²) in [7, 11) is 0. The summed E-state index contributed by atoms with van der Waals surface area (Å²) in [5.74, 6) is 0.243. The first kappa shape index (κ1) is 16.6. The van der Waals surface area contributed by atoms with Crippen LogP contribution in [-0.2, 0) is 4.79 Å². The number of rotatable bonds is 4. The van der Waals surface area contributed by atoms with Crippen LogP contribution in [0.4, 0.5) is 17.3 Å². The van der Waals surface area contributed by atoms with E-state index in [9.17, 15) is 9.59 Å². The Kier molecular flexibility index (Phi) is 5.01. The van der Waals surface area contributed by atoms with Crippen molar-refractivity contribution in [2.75, 3.05) is 29.0 Å². The Morgan fingerprint density at radius 1 is 1.24 bits per heavy atom. The van der Waals surface area contributed by atoms with Crippen LogP contribution in [-0.4, -0.2) is 41.1 Å². The van der Waals surface area contributed by atoms with E-state index in [4.69, 9.17) is 5.73 Å². The first-order valence-corrected chi connectivity index (χ1v) is 7.97. The van der Waals surface area contributed by atoms with Crippen molar-refractivity contribution in [3.8, 4) is 0 Å². The van der Waals surface area contributed by atoms with Crippen molar-refractivity contribution >= 4 is 29.3 Å². The summed E-state index contributed by atoms with van der Waals surface area (Å²) in [5.41, 5.74) is 7.22. The molecular formula is C17H18N6O2. The van der Waals surface area contributed by atoms with E-state index in [1.165, 1.54) is 12.4 Å². The van der Waals surface area contributed by atoms with Crippen LogP contribution in [0.15, 0.2) is 41.7 Å². The molecule has 128 valence electrons. The fourth-order valence-electron chi connectivity index (χ4n) is 2.68. The summed E-state index contributed by atoms with van der Waals surface area (Å²) in [4.78, 5) is 36.9.